The van der Waals surface area contributed by atoms with Crippen molar-refractivity contribution in [3.8, 4) is 11.5 Å². The van der Waals surface area contributed by atoms with Gasteiger partial charge in [0.2, 0.25) is 0 Å². The number of ether oxygens (including phenoxy) is 1. The lowest BCUT2D eigenvalue weighted by atomic mass is 10.2. The average Bonchev–Trinajstić information content (AvgIpc) is 2.34. The molecule has 0 saturated heterocycles. The lowest BCUT2D eigenvalue weighted by Gasteiger charge is -2.09. The smallest absolute Gasteiger partial charge is 0.146 e. The van der Waals surface area contributed by atoms with Crippen molar-refractivity contribution in [1.82, 2.24) is 0 Å². The van der Waals surface area contributed by atoms with E-state index < -0.39 is 0 Å². The monoisotopic (exact) mass is 312 g/mol. The number of aliphatic hydroxyl groups excluding tert-OH is 1. The van der Waals surface area contributed by atoms with Crippen molar-refractivity contribution < 1.29 is 9.84 Å². The van der Waals surface area contributed by atoms with Crippen LogP contribution in [-0.2, 0) is 6.61 Å². The Morgan fingerprint density at radius 1 is 1.12 bits per heavy atom. The van der Waals surface area contributed by atoms with Gasteiger partial charge in [-0.25, -0.2) is 0 Å². The molecule has 1 N–H and O–H groups in total. The largest absolute Gasteiger partial charge is 0.455 e. The van der Waals surface area contributed by atoms with Crippen LogP contribution in [0.25, 0.3) is 0 Å². The highest BCUT2D eigenvalue weighted by atomic mass is 79.9. The first-order valence-electron chi connectivity index (χ1n) is 5.02. The molecule has 0 aliphatic heterocycles. The van der Waals surface area contributed by atoms with Crippen LogP contribution in [0.15, 0.2) is 46.9 Å². The Labute approximate surface area is 113 Å². The summed E-state index contributed by atoms with van der Waals surface area (Å²) in [4.78, 5) is 0. The normalized spacial score (nSPS) is 10.3. The molecular formula is C13H10BrClO2. The summed E-state index contributed by atoms with van der Waals surface area (Å²) in [5.74, 6) is 1.27. The Hall–Kier alpha value is -1.03. The van der Waals surface area contributed by atoms with Crippen LogP contribution in [0.5, 0.6) is 11.5 Å². The van der Waals surface area contributed by atoms with E-state index in [0.29, 0.717) is 16.5 Å². The molecule has 0 radical (unpaired) electrons. The highest BCUT2D eigenvalue weighted by molar-refractivity contribution is 9.10. The number of aliphatic hydroxyl groups is 1. The second kappa shape index (κ2) is 5.54. The number of para-hydroxylation sites is 1. The van der Waals surface area contributed by atoms with E-state index in [1.54, 1.807) is 18.2 Å². The van der Waals surface area contributed by atoms with E-state index >= 15 is 0 Å². The van der Waals surface area contributed by atoms with Crippen molar-refractivity contribution in [2.45, 2.75) is 6.61 Å². The van der Waals surface area contributed by atoms with Crippen LogP contribution in [0.3, 0.4) is 0 Å². The van der Waals surface area contributed by atoms with E-state index in [9.17, 15) is 0 Å². The minimum atomic E-state index is -0.0327. The molecule has 0 unspecified atom stereocenters. The maximum Gasteiger partial charge on any atom is 0.146 e. The molecule has 0 saturated carbocycles. The van der Waals surface area contributed by atoms with Crippen LogP contribution in [0, 0.1) is 0 Å². The number of hydrogen-bond donors (Lipinski definition) is 1. The van der Waals surface area contributed by atoms with Crippen molar-refractivity contribution in [1.29, 1.82) is 0 Å². The van der Waals surface area contributed by atoms with Gasteiger partial charge in [0.05, 0.1) is 16.1 Å². The highest BCUT2D eigenvalue weighted by Crippen LogP contribution is 2.33. The summed E-state index contributed by atoms with van der Waals surface area (Å²) in [6.45, 7) is -0.0327. The molecule has 0 spiro atoms. The van der Waals surface area contributed by atoms with E-state index in [0.717, 1.165) is 10.0 Å². The molecule has 0 fully saturated rings. The van der Waals surface area contributed by atoms with E-state index in [-0.39, 0.29) is 6.61 Å². The molecule has 2 aromatic carbocycles. The Bertz CT molecular complexity index is 529. The molecule has 2 rings (SSSR count). The van der Waals surface area contributed by atoms with Gasteiger partial charge in [-0.05, 0) is 45.8 Å². The molecule has 0 heterocycles. The van der Waals surface area contributed by atoms with Crippen molar-refractivity contribution in [3.05, 3.63) is 57.5 Å². The zero-order valence-electron chi connectivity index (χ0n) is 8.86. The molecular weight excluding hydrogens is 303 g/mol. The number of hydrogen-bond acceptors (Lipinski definition) is 2. The quantitative estimate of drug-likeness (QED) is 0.911. The van der Waals surface area contributed by atoms with Crippen molar-refractivity contribution in [2.75, 3.05) is 0 Å². The summed E-state index contributed by atoms with van der Waals surface area (Å²) in [6, 6.07) is 12.7. The second-order valence-corrected chi connectivity index (χ2v) is 4.72. The molecule has 17 heavy (non-hydrogen) atoms. The molecule has 4 heteroatoms. The van der Waals surface area contributed by atoms with Gasteiger partial charge in [-0.15, -0.1) is 0 Å². The van der Waals surface area contributed by atoms with Gasteiger partial charge in [-0.1, -0.05) is 29.8 Å². The molecule has 2 aromatic rings. The minimum Gasteiger partial charge on any atom is -0.455 e. The molecule has 0 amide bonds. The lowest BCUT2D eigenvalue weighted by molar-refractivity contribution is 0.281. The van der Waals surface area contributed by atoms with Gasteiger partial charge in [-0.2, -0.15) is 0 Å². The molecule has 0 aliphatic rings. The molecule has 88 valence electrons. The Morgan fingerprint density at radius 2 is 1.88 bits per heavy atom. The fourth-order valence-electron chi connectivity index (χ4n) is 1.37. The number of rotatable bonds is 3. The SMILES string of the molecule is OCc1ccc(Oc2ccccc2Br)c(Cl)c1. The summed E-state index contributed by atoms with van der Waals surface area (Å²) < 4.78 is 6.54. The predicted octanol–water partition coefficient (Wildman–Crippen LogP) is 4.39. The summed E-state index contributed by atoms with van der Waals surface area (Å²) in [5, 5.41) is 9.46. The van der Waals surface area contributed by atoms with Gasteiger partial charge >= 0.3 is 0 Å². The third-order valence-corrected chi connectivity index (χ3v) is 3.19. The molecule has 0 aliphatic carbocycles. The minimum absolute atomic E-state index is 0.0327. The lowest BCUT2D eigenvalue weighted by Crippen LogP contribution is -1.88. The van der Waals surface area contributed by atoms with Gasteiger partial charge in [0.1, 0.15) is 11.5 Å². The van der Waals surface area contributed by atoms with Gasteiger partial charge in [0.15, 0.2) is 0 Å². The first-order chi connectivity index (χ1) is 8.20. The zero-order valence-corrected chi connectivity index (χ0v) is 11.2. The maximum absolute atomic E-state index is 8.98. The van der Waals surface area contributed by atoms with Crippen LogP contribution < -0.4 is 4.74 Å². The van der Waals surface area contributed by atoms with Crippen LogP contribution in [-0.4, -0.2) is 5.11 Å². The average molecular weight is 314 g/mol. The third-order valence-electron chi connectivity index (χ3n) is 2.24. The number of halogens is 2. The number of benzene rings is 2. The van der Waals surface area contributed by atoms with E-state index in [4.69, 9.17) is 21.4 Å². The molecule has 0 atom stereocenters. The molecule has 2 nitrogen and oxygen atoms in total. The fraction of sp³-hybridized carbons (Fsp3) is 0.0769. The van der Waals surface area contributed by atoms with Crippen LogP contribution in [0.4, 0.5) is 0 Å². The summed E-state index contributed by atoms with van der Waals surface area (Å²) in [7, 11) is 0. The molecule has 0 aromatic heterocycles. The third kappa shape index (κ3) is 3.00. The first-order valence-corrected chi connectivity index (χ1v) is 6.19. The van der Waals surface area contributed by atoms with E-state index in [1.807, 2.05) is 24.3 Å². The van der Waals surface area contributed by atoms with E-state index in [1.165, 1.54) is 0 Å². The zero-order chi connectivity index (χ0) is 12.3. The Morgan fingerprint density at radius 3 is 2.53 bits per heavy atom. The standard InChI is InChI=1S/C13H10BrClO2/c14-10-3-1-2-4-12(10)17-13-6-5-9(8-16)7-11(13)15/h1-7,16H,8H2. The Kier molecular flexibility index (Phi) is 4.05. The predicted molar refractivity (Wildman–Crippen MR) is 71.6 cm³/mol. The van der Waals surface area contributed by atoms with Gasteiger partial charge in [0.25, 0.3) is 0 Å². The maximum atomic E-state index is 8.98. The fourth-order valence-corrected chi connectivity index (χ4v) is 1.98. The van der Waals surface area contributed by atoms with Crippen molar-refractivity contribution >= 4 is 27.5 Å². The first kappa shape index (κ1) is 12.4. The van der Waals surface area contributed by atoms with Crippen LogP contribution >= 0.6 is 27.5 Å². The topological polar surface area (TPSA) is 29.5 Å². The molecule has 0 bridgehead atoms. The van der Waals surface area contributed by atoms with Gasteiger partial charge in [0, 0.05) is 0 Å². The van der Waals surface area contributed by atoms with E-state index in [2.05, 4.69) is 15.9 Å². The summed E-state index contributed by atoms with van der Waals surface area (Å²) >= 11 is 9.46. The van der Waals surface area contributed by atoms with Gasteiger partial charge in [-0.3, -0.25) is 0 Å². The van der Waals surface area contributed by atoms with Crippen molar-refractivity contribution in [3.63, 3.8) is 0 Å². The van der Waals surface area contributed by atoms with Crippen molar-refractivity contribution in [2.24, 2.45) is 0 Å². The Balaban J connectivity index is 2.28. The van der Waals surface area contributed by atoms with Gasteiger partial charge < -0.3 is 9.84 Å². The van der Waals surface area contributed by atoms with Crippen LogP contribution in [0.1, 0.15) is 5.56 Å². The second-order valence-electron chi connectivity index (χ2n) is 3.46. The highest BCUT2D eigenvalue weighted by Gasteiger charge is 2.06. The van der Waals surface area contributed by atoms with Crippen LogP contribution in [0.2, 0.25) is 5.02 Å². The summed E-state index contributed by atoms with van der Waals surface area (Å²) in [5.41, 5.74) is 0.759. The summed E-state index contributed by atoms with van der Waals surface area (Å²) in [6.07, 6.45) is 0.